The third kappa shape index (κ3) is 3.98. The maximum absolute atomic E-state index is 11.7. The van der Waals surface area contributed by atoms with Crippen molar-refractivity contribution < 1.29 is 4.79 Å². The largest absolute Gasteiger partial charge is 0.353 e. The minimum absolute atomic E-state index is 0. The predicted octanol–water partition coefficient (Wildman–Crippen LogP) is 0.394. The summed E-state index contributed by atoms with van der Waals surface area (Å²) in [5, 5.41) is 6.28. The van der Waals surface area contributed by atoms with Crippen LogP contribution in [0.15, 0.2) is 12.7 Å². The molecule has 2 saturated heterocycles. The molecule has 0 aliphatic carbocycles. The lowest BCUT2D eigenvalue weighted by Crippen LogP contribution is -2.54. The van der Waals surface area contributed by atoms with Crippen molar-refractivity contribution in [3.63, 3.8) is 0 Å². The maximum atomic E-state index is 11.7. The van der Waals surface area contributed by atoms with E-state index >= 15 is 0 Å². The minimum atomic E-state index is 0. The molecule has 98 valence electrons. The molecule has 0 aromatic carbocycles. The highest BCUT2D eigenvalue weighted by Crippen LogP contribution is 2.11. The van der Waals surface area contributed by atoms with Crippen LogP contribution in [0.3, 0.4) is 0 Å². The molecular weight excluding hydrogens is 238 g/mol. The van der Waals surface area contributed by atoms with Crippen LogP contribution in [0.5, 0.6) is 0 Å². The monoisotopic (exact) mass is 259 g/mol. The normalized spacial score (nSPS) is 22.4. The molecule has 0 unspecified atom stereocenters. The van der Waals surface area contributed by atoms with Crippen LogP contribution in [-0.2, 0) is 4.79 Å². The minimum Gasteiger partial charge on any atom is -0.353 e. The van der Waals surface area contributed by atoms with Gasteiger partial charge in [-0.15, -0.1) is 19.0 Å². The van der Waals surface area contributed by atoms with Crippen molar-refractivity contribution in [3.8, 4) is 0 Å². The SMILES string of the molecule is C=CCN1CCC(NC(=O)C2CNC2)CC1.Cl. The van der Waals surface area contributed by atoms with Gasteiger partial charge in [0.25, 0.3) is 0 Å². The van der Waals surface area contributed by atoms with E-state index in [1.807, 2.05) is 6.08 Å². The van der Waals surface area contributed by atoms with E-state index in [-0.39, 0.29) is 24.2 Å². The van der Waals surface area contributed by atoms with Gasteiger partial charge in [0.05, 0.1) is 5.92 Å². The molecule has 0 saturated carbocycles. The molecule has 4 nitrogen and oxygen atoms in total. The number of rotatable bonds is 4. The number of carbonyl (C=O) groups excluding carboxylic acids is 1. The molecule has 0 aromatic rings. The Balaban J connectivity index is 0.00000144. The maximum Gasteiger partial charge on any atom is 0.225 e. The summed E-state index contributed by atoms with van der Waals surface area (Å²) in [5.41, 5.74) is 0. The van der Waals surface area contributed by atoms with Crippen LogP contribution in [0.4, 0.5) is 0 Å². The van der Waals surface area contributed by atoms with Gasteiger partial charge in [0.2, 0.25) is 5.91 Å². The number of halogens is 1. The summed E-state index contributed by atoms with van der Waals surface area (Å²) in [6.07, 6.45) is 4.08. The number of likely N-dealkylation sites (tertiary alicyclic amines) is 1. The lowest BCUT2D eigenvalue weighted by molar-refractivity contribution is -0.127. The summed E-state index contributed by atoms with van der Waals surface area (Å²) in [7, 11) is 0. The lowest BCUT2D eigenvalue weighted by Gasteiger charge is -2.34. The van der Waals surface area contributed by atoms with Crippen molar-refractivity contribution in [1.82, 2.24) is 15.5 Å². The van der Waals surface area contributed by atoms with Crippen LogP contribution in [0, 0.1) is 5.92 Å². The van der Waals surface area contributed by atoms with E-state index in [0.29, 0.717) is 6.04 Å². The van der Waals surface area contributed by atoms with E-state index in [4.69, 9.17) is 0 Å². The van der Waals surface area contributed by atoms with Crippen molar-refractivity contribution >= 4 is 18.3 Å². The van der Waals surface area contributed by atoms with Crippen molar-refractivity contribution in [2.24, 2.45) is 5.92 Å². The van der Waals surface area contributed by atoms with Gasteiger partial charge in [-0.25, -0.2) is 0 Å². The van der Waals surface area contributed by atoms with Gasteiger partial charge in [0.15, 0.2) is 0 Å². The van der Waals surface area contributed by atoms with Gasteiger partial charge in [0.1, 0.15) is 0 Å². The topological polar surface area (TPSA) is 44.4 Å². The first-order valence-corrected chi connectivity index (χ1v) is 6.14. The molecule has 2 fully saturated rings. The van der Waals surface area contributed by atoms with Gasteiger partial charge in [-0.05, 0) is 12.8 Å². The Morgan fingerprint density at radius 2 is 2.06 bits per heavy atom. The molecule has 0 radical (unpaired) electrons. The lowest BCUT2D eigenvalue weighted by atomic mass is 10.00. The van der Waals surface area contributed by atoms with Gasteiger partial charge >= 0.3 is 0 Å². The second-order valence-corrected chi connectivity index (χ2v) is 4.73. The van der Waals surface area contributed by atoms with Gasteiger partial charge in [0, 0.05) is 38.8 Å². The zero-order chi connectivity index (χ0) is 11.4. The average Bonchev–Trinajstić information content (AvgIpc) is 2.18. The Morgan fingerprint density at radius 1 is 1.41 bits per heavy atom. The van der Waals surface area contributed by atoms with Gasteiger partial charge in [-0.3, -0.25) is 9.69 Å². The summed E-state index contributed by atoms with van der Waals surface area (Å²) in [6.45, 7) is 8.55. The van der Waals surface area contributed by atoms with Gasteiger partial charge < -0.3 is 10.6 Å². The van der Waals surface area contributed by atoms with Crippen LogP contribution in [-0.4, -0.2) is 49.6 Å². The number of nitrogens with one attached hydrogen (secondary N) is 2. The molecule has 0 bridgehead atoms. The van der Waals surface area contributed by atoms with Crippen molar-refractivity contribution in [1.29, 1.82) is 0 Å². The molecule has 1 amide bonds. The van der Waals surface area contributed by atoms with Crippen LogP contribution >= 0.6 is 12.4 Å². The smallest absolute Gasteiger partial charge is 0.225 e. The summed E-state index contributed by atoms with van der Waals surface area (Å²) in [4.78, 5) is 14.1. The van der Waals surface area contributed by atoms with Gasteiger partial charge in [-0.1, -0.05) is 6.08 Å². The van der Waals surface area contributed by atoms with E-state index in [2.05, 4.69) is 22.1 Å². The first-order chi connectivity index (χ1) is 7.79. The molecule has 17 heavy (non-hydrogen) atoms. The molecular formula is C12H22ClN3O. The molecule has 2 heterocycles. The highest BCUT2D eigenvalue weighted by molar-refractivity contribution is 5.85. The molecule has 0 atom stereocenters. The number of amides is 1. The Bertz CT molecular complexity index is 260. The molecule has 5 heteroatoms. The Labute approximate surface area is 109 Å². The fraction of sp³-hybridized carbons (Fsp3) is 0.750. The molecule has 2 aliphatic rings. The van der Waals surface area contributed by atoms with E-state index in [0.717, 1.165) is 45.6 Å². The molecule has 2 rings (SSSR count). The Kier molecular flexibility index (Phi) is 5.95. The zero-order valence-corrected chi connectivity index (χ0v) is 11.0. The third-order valence-corrected chi connectivity index (χ3v) is 3.47. The number of hydrogen-bond donors (Lipinski definition) is 2. The van der Waals surface area contributed by atoms with Crippen LogP contribution in [0.25, 0.3) is 0 Å². The second-order valence-electron chi connectivity index (χ2n) is 4.73. The van der Waals surface area contributed by atoms with Crippen molar-refractivity contribution in [3.05, 3.63) is 12.7 Å². The quantitative estimate of drug-likeness (QED) is 0.719. The van der Waals surface area contributed by atoms with Crippen molar-refractivity contribution in [2.45, 2.75) is 18.9 Å². The fourth-order valence-electron chi connectivity index (χ4n) is 2.24. The van der Waals surface area contributed by atoms with E-state index in [1.165, 1.54) is 0 Å². The first kappa shape index (κ1) is 14.5. The standard InChI is InChI=1S/C12H21N3O.ClH/c1-2-5-15-6-3-11(4-7-15)14-12(16)10-8-13-9-10;/h2,10-11,13H,1,3-9H2,(H,14,16);1H. The zero-order valence-electron chi connectivity index (χ0n) is 10.2. The van der Waals surface area contributed by atoms with E-state index in [9.17, 15) is 4.79 Å². The van der Waals surface area contributed by atoms with Crippen molar-refractivity contribution in [2.75, 3.05) is 32.7 Å². The van der Waals surface area contributed by atoms with Crippen LogP contribution < -0.4 is 10.6 Å². The number of hydrogen-bond acceptors (Lipinski definition) is 3. The summed E-state index contributed by atoms with van der Waals surface area (Å²) < 4.78 is 0. The molecule has 0 spiro atoms. The molecule has 2 N–H and O–H groups in total. The summed E-state index contributed by atoms with van der Waals surface area (Å²) in [6, 6.07) is 0.383. The number of carbonyl (C=O) groups is 1. The highest BCUT2D eigenvalue weighted by Gasteiger charge is 2.27. The third-order valence-electron chi connectivity index (χ3n) is 3.47. The fourth-order valence-corrected chi connectivity index (χ4v) is 2.24. The van der Waals surface area contributed by atoms with Crippen LogP contribution in [0.2, 0.25) is 0 Å². The van der Waals surface area contributed by atoms with Gasteiger partial charge in [-0.2, -0.15) is 0 Å². The van der Waals surface area contributed by atoms with E-state index in [1.54, 1.807) is 0 Å². The predicted molar refractivity (Wildman–Crippen MR) is 71.4 cm³/mol. The average molecular weight is 260 g/mol. The second kappa shape index (κ2) is 6.99. The summed E-state index contributed by atoms with van der Waals surface area (Å²) in [5.74, 6) is 0.451. The Morgan fingerprint density at radius 3 is 2.53 bits per heavy atom. The number of piperidine rings is 1. The Hall–Kier alpha value is -0.580. The van der Waals surface area contributed by atoms with E-state index < -0.39 is 0 Å². The summed E-state index contributed by atoms with van der Waals surface area (Å²) >= 11 is 0. The first-order valence-electron chi connectivity index (χ1n) is 6.14. The molecule has 2 aliphatic heterocycles. The van der Waals surface area contributed by atoms with Crippen LogP contribution in [0.1, 0.15) is 12.8 Å². The number of nitrogens with zero attached hydrogens (tertiary/aromatic N) is 1. The highest BCUT2D eigenvalue weighted by atomic mass is 35.5. The molecule has 0 aromatic heterocycles.